The second-order valence-corrected chi connectivity index (χ2v) is 7.20. The molecular formula is C18H18FN3O2S. The Labute approximate surface area is 148 Å². The first-order chi connectivity index (χ1) is 12.2. The Morgan fingerprint density at radius 1 is 1.44 bits per heavy atom. The van der Waals surface area contributed by atoms with Gasteiger partial charge in [-0.15, -0.1) is 0 Å². The summed E-state index contributed by atoms with van der Waals surface area (Å²) in [5.74, 6) is 0.450. The molecule has 5 nitrogen and oxygen atoms in total. The van der Waals surface area contributed by atoms with E-state index in [4.69, 9.17) is 4.42 Å². The molecule has 1 aromatic carbocycles. The van der Waals surface area contributed by atoms with Crippen molar-refractivity contribution in [2.24, 2.45) is 5.92 Å². The van der Waals surface area contributed by atoms with Crippen LogP contribution in [0.3, 0.4) is 0 Å². The SMILES string of the molecule is O=C(NCc1ccco1)C1CCCN(c2nc3ccc(F)cc3s2)C1. The number of hydrogen-bond donors (Lipinski definition) is 1. The highest BCUT2D eigenvalue weighted by Crippen LogP contribution is 2.32. The molecule has 4 rings (SSSR count). The van der Waals surface area contributed by atoms with Crippen molar-refractivity contribution in [3.05, 3.63) is 48.2 Å². The van der Waals surface area contributed by atoms with Gasteiger partial charge in [0.2, 0.25) is 5.91 Å². The molecule has 1 N–H and O–H groups in total. The molecule has 1 atom stereocenters. The van der Waals surface area contributed by atoms with E-state index >= 15 is 0 Å². The molecule has 0 spiro atoms. The van der Waals surface area contributed by atoms with Crippen molar-refractivity contribution in [1.29, 1.82) is 0 Å². The summed E-state index contributed by atoms with van der Waals surface area (Å²) >= 11 is 1.47. The van der Waals surface area contributed by atoms with E-state index in [-0.39, 0.29) is 17.6 Å². The number of amides is 1. The molecule has 1 amide bonds. The number of carbonyl (C=O) groups is 1. The third-order valence-corrected chi connectivity index (χ3v) is 5.50. The molecule has 130 valence electrons. The van der Waals surface area contributed by atoms with Crippen LogP contribution in [0.25, 0.3) is 10.2 Å². The van der Waals surface area contributed by atoms with Crippen LogP contribution in [0.15, 0.2) is 41.0 Å². The van der Waals surface area contributed by atoms with Crippen LogP contribution in [0.5, 0.6) is 0 Å². The van der Waals surface area contributed by atoms with Crippen LogP contribution in [0.1, 0.15) is 18.6 Å². The number of halogens is 1. The van der Waals surface area contributed by atoms with Gasteiger partial charge in [0.1, 0.15) is 11.6 Å². The van der Waals surface area contributed by atoms with Crippen molar-refractivity contribution in [3.8, 4) is 0 Å². The minimum absolute atomic E-state index is 0.0354. The van der Waals surface area contributed by atoms with Crippen LogP contribution < -0.4 is 10.2 Å². The lowest BCUT2D eigenvalue weighted by molar-refractivity contribution is -0.125. The first kappa shape index (κ1) is 16.1. The van der Waals surface area contributed by atoms with E-state index in [1.165, 1.54) is 23.5 Å². The predicted octanol–water partition coefficient (Wildman–Crippen LogP) is 3.56. The molecule has 0 radical (unpaired) electrons. The van der Waals surface area contributed by atoms with Gasteiger partial charge in [0.05, 0.1) is 28.9 Å². The molecule has 1 aliphatic rings. The number of piperidine rings is 1. The maximum absolute atomic E-state index is 13.4. The van der Waals surface area contributed by atoms with Crippen LogP contribution in [0, 0.1) is 11.7 Å². The third kappa shape index (κ3) is 3.51. The van der Waals surface area contributed by atoms with Gasteiger partial charge in [-0.05, 0) is 43.2 Å². The smallest absolute Gasteiger partial charge is 0.225 e. The molecule has 3 heterocycles. The lowest BCUT2D eigenvalue weighted by Gasteiger charge is -2.31. The highest BCUT2D eigenvalue weighted by molar-refractivity contribution is 7.22. The summed E-state index contributed by atoms with van der Waals surface area (Å²) in [6.45, 7) is 1.90. The molecule has 0 bridgehead atoms. The van der Waals surface area contributed by atoms with E-state index in [2.05, 4.69) is 15.2 Å². The quantitative estimate of drug-likeness (QED) is 0.774. The van der Waals surface area contributed by atoms with Gasteiger partial charge in [-0.2, -0.15) is 0 Å². The molecule has 0 aliphatic carbocycles. The standard InChI is InChI=1S/C18H18FN3O2S/c19-13-5-6-15-16(9-13)25-18(21-15)22-7-1-3-12(11-22)17(23)20-10-14-4-2-8-24-14/h2,4-6,8-9,12H,1,3,7,10-11H2,(H,20,23). The Morgan fingerprint density at radius 2 is 2.36 bits per heavy atom. The molecular weight excluding hydrogens is 341 g/mol. The highest BCUT2D eigenvalue weighted by Gasteiger charge is 2.27. The summed E-state index contributed by atoms with van der Waals surface area (Å²) in [7, 11) is 0. The third-order valence-electron chi connectivity index (χ3n) is 4.42. The van der Waals surface area contributed by atoms with Crippen LogP contribution in [0.2, 0.25) is 0 Å². The number of thiazole rings is 1. The molecule has 7 heteroatoms. The lowest BCUT2D eigenvalue weighted by Crippen LogP contribution is -2.42. The fraction of sp³-hybridized carbons (Fsp3) is 0.333. The first-order valence-electron chi connectivity index (χ1n) is 8.30. The predicted molar refractivity (Wildman–Crippen MR) is 95.1 cm³/mol. The average molecular weight is 359 g/mol. The highest BCUT2D eigenvalue weighted by atomic mass is 32.1. The fourth-order valence-electron chi connectivity index (χ4n) is 3.12. The normalized spacial score (nSPS) is 17.8. The monoisotopic (exact) mass is 359 g/mol. The zero-order chi connectivity index (χ0) is 17.2. The zero-order valence-corrected chi connectivity index (χ0v) is 14.4. The van der Waals surface area contributed by atoms with Crippen molar-refractivity contribution in [3.63, 3.8) is 0 Å². The molecule has 1 aliphatic heterocycles. The zero-order valence-electron chi connectivity index (χ0n) is 13.6. The summed E-state index contributed by atoms with van der Waals surface area (Å²) in [4.78, 5) is 19.2. The molecule has 0 saturated carbocycles. The van der Waals surface area contributed by atoms with Gasteiger partial charge in [0, 0.05) is 13.1 Å². The van der Waals surface area contributed by atoms with E-state index in [1.54, 1.807) is 18.4 Å². The number of furan rings is 1. The molecule has 1 saturated heterocycles. The van der Waals surface area contributed by atoms with E-state index in [0.717, 1.165) is 40.5 Å². The summed E-state index contributed by atoms with van der Waals surface area (Å²) in [5.41, 5.74) is 0.797. The van der Waals surface area contributed by atoms with Gasteiger partial charge < -0.3 is 14.6 Å². The van der Waals surface area contributed by atoms with E-state index in [0.29, 0.717) is 13.1 Å². The Bertz CT molecular complexity index is 878. The van der Waals surface area contributed by atoms with Crippen LogP contribution in [0.4, 0.5) is 9.52 Å². The average Bonchev–Trinajstić information content (AvgIpc) is 3.28. The molecule has 25 heavy (non-hydrogen) atoms. The maximum atomic E-state index is 13.4. The fourth-order valence-corrected chi connectivity index (χ4v) is 4.14. The number of anilines is 1. The second-order valence-electron chi connectivity index (χ2n) is 6.19. The van der Waals surface area contributed by atoms with Crippen LogP contribution >= 0.6 is 11.3 Å². The number of rotatable bonds is 4. The van der Waals surface area contributed by atoms with Gasteiger partial charge in [0.15, 0.2) is 5.13 Å². The summed E-state index contributed by atoms with van der Waals surface area (Å²) < 4.78 is 19.4. The van der Waals surface area contributed by atoms with Gasteiger partial charge in [-0.25, -0.2) is 9.37 Å². The number of nitrogens with zero attached hydrogens (tertiary/aromatic N) is 2. The lowest BCUT2D eigenvalue weighted by atomic mass is 9.97. The van der Waals surface area contributed by atoms with Crippen molar-refractivity contribution in [2.75, 3.05) is 18.0 Å². The van der Waals surface area contributed by atoms with Crippen LogP contribution in [-0.2, 0) is 11.3 Å². The molecule has 3 aromatic rings. The Morgan fingerprint density at radius 3 is 3.20 bits per heavy atom. The van der Waals surface area contributed by atoms with Crippen LogP contribution in [-0.4, -0.2) is 24.0 Å². The minimum atomic E-state index is -0.253. The summed E-state index contributed by atoms with van der Waals surface area (Å²) in [6, 6.07) is 8.27. The largest absolute Gasteiger partial charge is 0.467 e. The Balaban J connectivity index is 1.43. The summed E-state index contributed by atoms with van der Waals surface area (Å²) in [6.07, 6.45) is 3.39. The number of nitrogens with one attached hydrogen (secondary N) is 1. The van der Waals surface area contributed by atoms with Gasteiger partial charge in [0.25, 0.3) is 0 Å². The van der Waals surface area contributed by atoms with Gasteiger partial charge >= 0.3 is 0 Å². The van der Waals surface area contributed by atoms with Crippen molar-refractivity contribution in [1.82, 2.24) is 10.3 Å². The van der Waals surface area contributed by atoms with Gasteiger partial charge in [-0.1, -0.05) is 11.3 Å². The number of carbonyl (C=O) groups excluding carboxylic acids is 1. The van der Waals surface area contributed by atoms with Gasteiger partial charge in [-0.3, -0.25) is 4.79 Å². The number of fused-ring (bicyclic) bond motifs is 1. The second kappa shape index (κ2) is 6.84. The van der Waals surface area contributed by atoms with Crippen molar-refractivity contribution >= 4 is 32.6 Å². The number of benzene rings is 1. The first-order valence-corrected chi connectivity index (χ1v) is 9.12. The van der Waals surface area contributed by atoms with E-state index in [9.17, 15) is 9.18 Å². The van der Waals surface area contributed by atoms with E-state index in [1.807, 2.05) is 6.07 Å². The van der Waals surface area contributed by atoms with Crippen molar-refractivity contribution in [2.45, 2.75) is 19.4 Å². The summed E-state index contributed by atoms with van der Waals surface area (Å²) in [5, 5.41) is 3.79. The van der Waals surface area contributed by atoms with Crippen molar-refractivity contribution < 1.29 is 13.6 Å². The number of hydrogen-bond acceptors (Lipinski definition) is 5. The Hall–Kier alpha value is -2.41. The number of aromatic nitrogens is 1. The molecule has 1 unspecified atom stereocenters. The Kier molecular flexibility index (Phi) is 4.40. The molecule has 2 aromatic heterocycles. The topological polar surface area (TPSA) is 58.4 Å². The minimum Gasteiger partial charge on any atom is -0.467 e. The maximum Gasteiger partial charge on any atom is 0.225 e. The molecule has 1 fully saturated rings. The van der Waals surface area contributed by atoms with E-state index < -0.39 is 0 Å².